The number of nitrogens with one attached hydrogen (secondary N) is 2. The van der Waals surface area contributed by atoms with Crippen LogP contribution in [0.15, 0.2) is 71.0 Å². The van der Waals surface area contributed by atoms with Gasteiger partial charge in [0.15, 0.2) is 6.04 Å². The summed E-state index contributed by atoms with van der Waals surface area (Å²) in [6.45, 7) is 5.73. The van der Waals surface area contributed by atoms with Gasteiger partial charge in [-0.1, -0.05) is 35.6 Å². The van der Waals surface area contributed by atoms with E-state index in [9.17, 15) is 27.6 Å². The van der Waals surface area contributed by atoms with Crippen LogP contribution in [0.25, 0.3) is 0 Å². The van der Waals surface area contributed by atoms with Crippen molar-refractivity contribution >= 4 is 57.8 Å². The average Bonchev–Trinajstić information content (AvgIpc) is 3.28. The summed E-state index contributed by atoms with van der Waals surface area (Å²) < 4.78 is 39.3. The quantitative estimate of drug-likeness (QED) is 0.228. The number of hydrogen-bond acceptors (Lipinski definition) is 6. The monoisotopic (exact) mass is 723 g/mol. The topological polar surface area (TPSA) is 103 Å². The molecule has 226 valence electrons. The minimum absolute atomic E-state index is 0.0846. The Kier molecular flexibility index (Phi) is 9.84. The van der Waals surface area contributed by atoms with Crippen LogP contribution in [0.3, 0.4) is 0 Å². The van der Waals surface area contributed by atoms with Crippen molar-refractivity contribution in [1.82, 2.24) is 10.3 Å². The number of carbonyl (C=O) groups is 3. The number of benzene rings is 3. The van der Waals surface area contributed by atoms with Crippen LogP contribution in [0.5, 0.6) is 0 Å². The molecule has 0 radical (unpaired) electrons. The van der Waals surface area contributed by atoms with Gasteiger partial charge >= 0.3 is 6.18 Å². The van der Waals surface area contributed by atoms with E-state index in [1.807, 2.05) is 42.7 Å². The Morgan fingerprint density at radius 3 is 2.37 bits per heavy atom. The second-order valence-corrected chi connectivity index (χ2v) is 12.7. The van der Waals surface area contributed by atoms with E-state index in [1.54, 1.807) is 55.1 Å². The second kappa shape index (κ2) is 13.0. The molecule has 3 aromatic rings. The third kappa shape index (κ3) is 7.74. The van der Waals surface area contributed by atoms with E-state index in [1.165, 1.54) is 12.1 Å². The van der Waals surface area contributed by atoms with Crippen molar-refractivity contribution in [2.45, 2.75) is 45.1 Å². The maximum atomic E-state index is 13.4. The van der Waals surface area contributed by atoms with E-state index in [4.69, 9.17) is 0 Å². The van der Waals surface area contributed by atoms with Crippen LogP contribution in [0, 0.1) is 10.5 Å². The first-order valence-electron chi connectivity index (χ1n) is 13.1. The van der Waals surface area contributed by atoms with Crippen molar-refractivity contribution in [2.24, 2.45) is 10.3 Å². The number of halogens is 4. The van der Waals surface area contributed by atoms with Crippen LogP contribution in [-0.4, -0.2) is 40.3 Å². The van der Waals surface area contributed by atoms with Crippen molar-refractivity contribution in [1.29, 1.82) is 0 Å². The number of hydrogen-bond donors (Lipinski definition) is 2. The molecule has 8 nitrogen and oxygen atoms in total. The van der Waals surface area contributed by atoms with Crippen LogP contribution in [0.1, 0.15) is 62.9 Å². The van der Waals surface area contributed by atoms with Gasteiger partial charge in [0.05, 0.1) is 23.2 Å². The summed E-state index contributed by atoms with van der Waals surface area (Å²) in [5, 5.41) is 14.9. The number of carbonyl (C=O) groups excluding carboxylic acids is 3. The summed E-state index contributed by atoms with van der Waals surface area (Å²) >= 11 is 3.65. The Morgan fingerprint density at radius 1 is 1.05 bits per heavy atom. The Hall–Kier alpha value is -3.46. The summed E-state index contributed by atoms with van der Waals surface area (Å²) in [7, 11) is 0. The number of amides is 3. The Balaban J connectivity index is 1.45. The van der Waals surface area contributed by atoms with Gasteiger partial charge in [0.2, 0.25) is 0 Å². The van der Waals surface area contributed by atoms with Gasteiger partial charge in [-0.05, 0) is 96.6 Å². The fraction of sp³-hybridized carbons (Fsp3) is 0.300. The predicted molar refractivity (Wildman–Crippen MR) is 168 cm³/mol. The molecule has 3 aromatic carbocycles. The first-order valence-corrected chi connectivity index (χ1v) is 15.6. The zero-order valence-electron chi connectivity index (χ0n) is 23.8. The van der Waals surface area contributed by atoms with Crippen LogP contribution < -0.4 is 10.6 Å². The molecule has 4 rings (SSSR count). The van der Waals surface area contributed by atoms with Gasteiger partial charge in [-0.3, -0.25) is 14.4 Å². The van der Waals surface area contributed by atoms with Crippen molar-refractivity contribution in [3.05, 3.63) is 97.6 Å². The molecule has 0 aromatic heterocycles. The highest BCUT2D eigenvalue weighted by molar-refractivity contribution is 14.1. The molecular formula is C30H29F3IN5O3S. The molecule has 13 heteroatoms. The van der Waals surface area contributed by atoms with Crippen LogP contribution in [0.2, 0.25) is 0 Å². The van der Waals surface area contributed by atoms with Gasteiger partial charge in [-0.2, -0.15) is 30.0 Å². The summed E-state index contributed by atoms with van der Waals surface area (Å²) in [5.41, 5.74) is 1.53. The van der Waals surface area contributed by atoms with Crippen molar-refractivity contribution < 1.29 is 27.6 Å². The second-order valence-electron chi connectivity index (χ2n) is 10.7. The first kappa shape index (κ1) is 32.5. The van der Waals surface area contributed by atoms with Crippen molar-refractivity contribution in [3.8, 4) is 0 Å². The lowest BCUT2D eigenvalue weighted by Gasteiger charge is -2.26. The molecule has 1 unspecified atom stereocenters. The molecule has 0 saturated heterocycles. The normalized spacial score (nSPS) is 15.1. The minimum Gasteiger partial charge on any atom is -0.346 e. The van der Waals surface area contributed by atoms with Gasteiger partial charge in [0.1, 0.15) is 0 Å². The molecule has 0 saturated carbocycles. The molecule has 1 heterocycles. The molecule has 2 N–H and O–H groups in total. The van der Waals surface area contributed by atoms with Crippen LogP contribution >= 0.6 is 34.4 Å². The fourth-order valence-electron chi connectivity index (χ4n) is 4.56. The van der Waals surface area contributed by atoms with E-state index in [0.717, 1.165) is 17.1 Å². The van der Waals surface area contributed by atoms with Gasteiger partial charge < -0.3 is 10.6 Å². The van der Waals surface area contributed by atoms with Crippen molar-refractivity contribution in [3.63, 3.8) is 0 Å². The van der Waals surface area contributed by atoms with Gasteiger partial charge in [0.25, 0.3) is 17.7 Å². The molecule has 0 spiro atoms. The molecular weight excluding hydrogens is 694 g/mol. The highest BCUT2D eigenvalue weighted by Crippen LogP contribution is 2.33. The predicted octanol–water partition coefficient (Wildman–Crippen LogP) is 7.19. The van der Waals surface area contributed by atoms with Gasteiger partial charge in [-0.25, -0.2) is 5.01 Å². The lowest BCUT2D eigenvalue weighted by Crippen LogP contribution is -2.46. The highest BCUT2D eigenvalue weighted by atomic mass is 127. The smallest absolute Gasteiger partial charge is 0.346 e. The maximum Gasteiger partial charge on any atom is 0.416 e. The summed E-state index contributed by atoms with van der Waals surface area (Å²) in [6, 6.07) is 13.6. The SMILES string of the molecule is CSCC(C)(C)NC(=O)c1cccc(I)c1C(=O)Nc1ccc(CN2N=NC(c3ccc(C(F)(F)F)cc3)C2=O)cc1C. The summed E-state index contributed by atoms with van der Waals surface area (Å²) in [4.78, 5) is 39.5. The summed E-state index contributed by atoms with van der Waals surface area (Å²) in [6.07, 6.45) is -2.52. The number of thioether (sulfide) groups is 1. The summed E-state index contributed by atoms with van der Waals surface area (Å²) in [5.74, 6) is -0.527. The molecule has 0 bridgehead atoms. The zero-order chi connectivity index (χ0) is 31.5. The Bertz CT molecular complexity index is 1580. The molecule has 43 heavy (non-hydrogen) atoms. The lowest BCUT2D eigenvalue weighted by atomic mass is 10.0. The molecule has 1 aliphatic heterocycles. The van der Waals surface area contributed by atoms with E-state index >= 15 is 0 Å². The van der Waals surface area contributed by atoms with E-state index in [-0.39, 0.29) is 23.6 Å². The standard InChI is InChI=1S/C30H29F3IN5O3S/c1-17-14-18(15-39-28(42)25(37-38-39)19-9-11-20(12-10-19)30(31,32)33)8-13-23(17)35-27(41)24-21(6-5-7-22(24)34)26(40)36-29(2,3)16-43-4/h5-14,25H,15-16H2,1-4H3,(H,35,41)(H,36,40). The number of aryl methyl sites for hydroxylation is 1. The number of anilines is 1. The van der Waals surface area contributed by atoms with E-state index < -0.39 is 35.1 Å². The van der Waals surface area contributed by atoms with Crippen LogP contribution in [0.4, 0.5) is 18.9 Å². The van der Waals surface area contributed by atoms with Gasteiger partial charge in [0, 0.05) is 20.5 Å². The Morgan fingerprint density at radius 2 is 1.74 bits per heavy atom. The molecule has 0 aliphatic carbocycles. The minimum atomic E-state index is -4.48. The molecule has 1 atom stereocenters. The maximum absolute atomic E-state index is 13.4. The number of nitrogens with zero attached hydrogens (tertiary/aromatic N) is 3. The third-order valence-corrected chi connectivity index (χ3v) is 8.54. The van der Waals surface area contributed by atoms with Gasteiger partial charge in [-0.15, -0.1) is 0 Å². The average molecular weight is 724 g/mol. The van der Waals surface area contributed by atoms with Crippen LogP contribution in [-0.2, 0) is 17.5 Å². The third-order valence-electron chi connectivity index (χ3n) is 6.63. The first-order chi connectivity index (χ1) is 20.2. The lowest BCUT2D eigenvalue weighted by molar-refractivity contribution is -0.137. The number of rotatable bonds is 9. The molecule has 1 aliphatic rings. The largest absolute Gasteiger partial charge is 0.416 e. The molecule has 0 fully saturated rings. The van der Waals surface area contributed by atoms with E-state index in [0.29, 0.717) is 31.7 Å². The highest BCUT2D eigenvalue weighted by Gasteiger charge is 2.34. The Labute approximate surface area is 265 Å². The van der Waals surface area contributed by atoms with E-state index in [2.05, 4.69) is 21.0 Å². The number of alkyl halides is 3. The molecule has 3 amide bonds. The fourth-order valence-corrected chi connectivity index (χ4v) is 6.10. The van der Waals surface area contributed by atoms with Crippen molar-refractivity contribution in [2.75, 3.05) is 17.3 Å². The zero-order valence-corrected chi connectivity index (χ0v) is 26.7.